The topological polar surface area (TPSA) is 90.4 Å². The van der Waals surface area contributed by atoms with E-state index in [-0.39, 0.29) is 29.3 Å². The van der Waals surface area contributed by atoms with Gasteiger partial charge in [0.2, 0.25) is 5.91 Å². The summed E-state index contributed by atoms with van der Waals surface area (Å²) in [5, 5.41) is 3.40. The van der Waals surface area contributed by atoms with Gasteiger partial charge in [-0.05, 0) is 50.1 Å². The molecule has 2 aromatic carbocycles. The summed E-state index contributed by atoms with van der Waals surface area (Å²) in [5.74, 6) is -0.546. The fourth-order valence-electron chi connectivity index (χ4n) is 2.87. The molecule has 5 N–H and O–H groups in total. The molecule has 0 aliphatic heterocycles. The molecule has 0 aliphatic rings. The van der Waals surface area contributed by atoms with E-state index in [1.54, 1.807) is 30.3 Å². The Balaban J connectivity index is 2.32. The maximum absolute atomic E-state index is 15.2. The number of halogens is 2. The Morgan fingerprint density at radius 2 is 2.04 bits per heavy atom. The third-order valence-electron chi connectivity index (χ3n) is 4.32. The first-order valence-corrected chi connectivity index (χ1v) is 9.16. The minimum Gasteiger partial charge on any atom is -0.453 e. The van der Waals surface area contributed by atoms with Crippen molar-refractivity contribution < 1.29 is 13.9 Å². The number of benzene rings is 2. The van der Waals surface area contributed by atoms with Crippen molar-refractivity contribution in [2.75, 3.05) is 5.73 Å². The lowest BCUT2D eigenvalue weighted by Gasteiger charge is -2.23. The van der Waals surface area contributed by atoms with E-state index in [0.29, 0.717) is 23.4 Å². The van der Waals surface area contributed by atoms with Gasteiger partial charge in [0.1, 0.15) is 5.75 Å². The molecule has 0 radical (unpaired) electrons. The summed E-state index contributed by atoms with van der Waals surface area (Å²) in [5.41, 5.74) is 12.9. The number of carbonyl (C=O) groups is 1. The molecule has 27 heavy (non-hydrogen) atoms. The molecule has 2 aromatic rings. The van der Waals surface area contributed by atoms with E-state index in [1.165, 1.54) is 0 Å². The summed E-state index contributed by atoms with van der Waals surface area (Å²) in [4.78, 5) is 11.1. The lowest BCUT2D eigenvalue weighted by Crippen LogP contribution is -2.34. The molecule has 0 bridgehead atoms. The predicted octanol–water partition coefficient (Wildman–Crippen LogP) is 4.47. The van der Waals surface area contributed by atoms with Crippen LogP contribution in [0.25, 0.3) is 0 Å². The summed E-state index contributed by atoms with van der Waals surface area (Å²) in [6.45, 7) is 5.59. The molecular formula is C20H25ClFN3O2. The van der Waals surface area contributed by atoms with Gasteiger partial charge in [0.15, 0.2) is 11.6 Å². The van der Waals surface area contributed by atoms with E-state index in [9.17, 15) is 4.79 Å². The number of hydrogen-bond donors (Lipinski definition) is 3. The molecule has 0 aliphatic carbocycles. The van der Waals surface area contributed by atoms with Crippen molar-refractivity contribution in [1.82, 2.24) is 5.32 Å². The van der Waals surface area contributed by atoms with Crippen molar-refractivity contribution in [2.45, 2.75) is 45.7 Å². The third-order valence-corrected chi connectivity index (χ3v) is 4.61. The molecule has 0 aromatic heterocycles. The number of nitrogens with one attached hydrogen (secondary N) is 1. The van der Waals surface area contributed by atoms with Crippen molar-refractivity contribution in [2.24, 2.45) is 5.73 Å². The van der Waals surface area contributed by atoms with Gasteiger partial charge in [0.05, 0.1) is 5.02 Å². The summed E-state index contributed by atoms with van der Waals surface area (Å²) in [7, 11) is 0. The largest absolute Gasteiger partial charge is 0.453 e. The summed E-state index contributed by atoms with van der Waals surface area (Å²) in [6, 6.07) is 7.80. The Kier molecular flexibility index (Phi) is 7.05. The van der Waals surface area contributed by atoms with Gasteiger partial charge in [0.25, 0.3) is 0 Å². The van der Waals surface area contributed by atoms with Crippen LogP contribution in [0.3, 0.4) is 0 Å². The van der Waals surface area contributed by atoms with Crippen LogP contribution in [0.1, 0.15) is 43.9 Å². The zero-order chi connectivity index (χ0) is 20.1. The molecule has 5 nitrogen and oxygen atoms in total. The number of aryl methyl sites for hydroxylation is 1. The van der Waals surface area contributed by atoms with Crippen molar-refractivity contribution in [1.29, 1.82) is 0 Å². The molecule has 0 unspecified atom stereocenters. The van der Waals surface area contributed by atoms with Crippen LogP contribution in [0.4, 0.5) is 10.1 Å². The second-order valence-electron chi connectivity index (χ2n) is 6.60. The minimum atomic E-state index is -0.539. The van der Waals surface area contributed by atoms with Crippen LogP contribution in [0.5, 0.6) is 11.5 Å². The van der Waals surface area contributed by atoms with Crippen LogP contribution in [0, 0.1) is 12.7 Å². The van der Waals surface area contributed by atoms with E-state index >= 15 is 4.39 Å². The van der Waals surface area contributed by atoms with E-state index < -0.39 is 11.7 Å². The highest BCUT2D eigenvalue weighted by atomic mass is 35.5. The Labute approximate surface area is 163 Å². The third kappa shape index (κ3) is 5.34. The molecule has 0 heterocycles. The molecular weight excluding hydrogens is 369 g/mol. The lowest BCUT2D eigenvalue weighted by molar-refractivity contribution is -0.118. The van der Waals surface area contributed by atoms with Gasteiger partial charge in [-0.1, -0.05) is 24.6 Å². The predicted molar refractivity (Wildman–Crippen MR) is 107 cm³/mol. The van der Waals surface area contributed by atoms with E-state index in [1.807, 2.05) is 20.8 Å². The van der Waals surface area contributed by atoms with Gasteiger partial charge in [-0.25, -0.2) is 4.39 Å². The standard InChI is InChI=1S/C20H25ClFN3O2/c1-4-17(25-12(3)10-18(24)26)14-6-7-15(21)20(19(14)22)27-13-5-8-16(23)11(2)9-13/h5-9,12,17,25H,4,10,23H2,1-3H3,(H2,24,26)/t12-,17+/m0/s1. The first-order valence-electron chi connectivity index (χ1n) is 8.79. The Bertz CT molecular complexity index is 829. The summed E-state index contributed by atoms with van der Waals surface area (Å²) >= 11 is 6.17. The molecule has 0 spiro atoms. The summed E-state index contributed by atoms with van der Waals surface area (Å²) in [6.07, 6.45) is 0.780. The Hall–Kier alpha value is -2.31. The first-order chi connectivity index (χ1) is 12.7. The number of carbonyl (C=O) groups excluding carboxylic acids is 1. The molecule has 2 atom stereocenters. The molecule has 2 rings (SSSR count). The zero-order valence-corrected chi connectivity index (χ0v) is 16.4. The monoisotopic (exact) mass is 393 g/mol. The lowest BCUT2D eigenvalue weighted by atomic mass is 10.0. The highest BCUT2D eigenvalue weighted by molar-refractivity contribution is 6.32. The number of anilines is 1. The van der Waals surface area contributed by atoms with Gasteiger partial charge >= 0.3 is 0 Å². The maximum Gasteiger partial charge on any atom is 0.218 e. The van der Waals surface area contributed by atoms with Gasteiger partial charge in [0, 0.05) is 29.8 Å². The fraction of sp³-hybridized carbons (Fsp3) is 0.350. The van der Waals surface area contributed by atoms with E-state index in [4.69, 9.17) is 27.8 Å². The van der Waals surface area contributed by atoms with Crippen molar-refractivity contribution in [3.8, 4) is 11.5 Å². The number of rotatable bonds is 8. The smallest absolute Gasteiger partial charge is 0.218 e. The average Bonchev–Trinajstić information content (AvgIpc) is 2.59. The highest BCUT2D eigenvalue weighted by Gasteiger charge is 2.22. The number of nitrogens with two attached hydrogens (primary N) is 2. The highest BCUT2D eigenvalue weighted by Crippen LogP contribution is 2.37. The molecule has 1 amide bonds. The Morgan fingerprint density at radius 3 is 2.63 bits per heavy atom. The van der Waals surface area contributed by atoms with Crippen molar-refractivity contribution in [3.63, 3.8) is 0 Å². The molecule has 0 saturated carbocycles. The van der Waals surface area contributed by atoms with Crippen LogP contribution in [0.2, 0.25) is 5.02 Å². The molecule has 146 valence electrons. The Morgan fingerprint density at radius 1 is 1.33 bits per heavy atom. The van der Waals surface area contributed by atoms with E-state index in [2.05, 4.69) is 5.32 Å². The van der Waals surface area contributed by atoms with Crippen LogP contribution in [-0.4, -0.2) is 11.9 Å². The minimum absolute atomic E-state index is 0.0406. The second kappa shape index (κ2) is 9.06. The van der Waals surface area contributed by atoms with E-state index in [0.717, 1.165) is 5.56 Å². The van der Waals surface area contributed by atoms with Crippen LogP contribution < -0.4 is 21.5 Å². The number of nitrogen functional groups attached to an aromatic ring is 1. The van der Waals surface area contributed by atoms with Gasteiger partial charge < -0.3 is 21.5 Å². The van der Waals surface area contributed by atoms with Crippen LogP contribution in [0.15, 0.2) is 30.3 Å². The van der Waals surface area contributed by atoms with Crippen LogP contribution >= 0.6 is 11.6 Å². The number of ether oxygens (including phenoxy) is 1. The second-order valence-corrected chi connectivity index (χ2v) is 7.01. The van der Waals surface area contributed by atoms with Gasteiger partial charge in [-0.2, -0.15) is 0 Å². The average molecular weight is 394 g/mol. The molecule has 0 saturated heterocycles. The quantitative estimate of drug-likeness (QED) is 0.577. The first kappa shape index (κ1) is 21.0. The number of amides is 1. The SMILES string of the molecule is CC[C@@H](N[C@@H](C)CC(N)=O)c1ccc(Cl)c(Oc2ccc(N)c(C)c2)c1F. The summed E-state index contributed by atoms with van der Waals surface area (Å²) < 4.78 is 20.9. The van der Waals surface area contributed by atoms with Gasteiger partial charge in [-0.15, -0.1) is 0 Å². The van der Waals surface area contributed by atoms with Gasteiger partial charge in [-0.3, -0.25) is 4.79 Å². The normalized spacial score (nSPS) is 13.2. The fourth-order valence-corrected chi connectivity index (χ4v) is 3.06. The molecule has 0 fully saturated rings. The van der Waals surface area contributed by atoms with Crippen LogP contribution in [-0.2, 0) is 4.79 Å². The van der Waals surface area contributed by atoms with Crippen molar-refractivity contribution >= 4 is 23.2 Å². The maximum atomic E-state index is 15.2. The van der Waals surface area contributed by atoms with Crippen molar-refractivity contribution in [3.05, 3.63) is 52.3 Å². The number of hydrogen-bond acceptors (Lipinski definition) is 4. The molecule has 7 heteroatoms. The number of primary amides is 1. The zero-order valence-electron chi connectivity index (χ0n) is 15.7.